The summed E-state index contributed by atoms with van der Waals surface area (Å²) >= 11 is 0. The van der Waals surface area contributed by atoms with Gasteiger partial charge in [0.05, 0.1) is 6.61 Å². The Morgan fingerprint density at radius 1 is 1.29 bits per heavy atom. The average molecular weight is 245 g/mol. The molecule has 1 atom stereocenters. The summed E-state index contributed by atoms with van der Waals surface area (Å²) in [5.41, 5.74) is 0. The van der Waals surface area contributed by atoms with Crippen molar-refractivity contribution in [1.82, 2.24) is 5.32 Å². The Morgan fingerprint density at radius 3 is 2.71 bits per heavy atom. The summed E-state index contributed by atoms with van der Waals surface area (Å²) in [6, 6.07) is 0.465. The van der Waals surface area contributed by atoms with Crippen molar-refractivity contribution in [2.24, 2.45) is 0 Å². The van der Waals surface area contributed by atoms with Crippen molar-refractivity contribution < 1.29 is 14.6 Å². The molecule has 4 heteroatoms. The predicted octanol–water partition coefficient (Wildman–Crippen LogP) is 1.86. The van der Waals surface area contributed by atoms with E-state index in [0.29, 0.717) is 19.1 Å². The topological polar surface area (TPSA) is 58.6 Å². The van der Waals surface area contributed by atoms with Crippen LogP contribution in [0.5, 0.6) is 0 Å². The first kappa shape index (κ1) is 16.4. The molecule has 0 aliphatic rings. The van der Waals surface area contributed by atoms with E-state index in [1.165, 1.54) is 0 Å². The van der Waals surface area contributed by atoms with Crippen molar-refractivity contribution in [1.29, 1.82) is 0 Å². The zero-order valence-electron chi connectivity index (χ0n) is 11.2. The minimum atomic E-state index is -0.0863. The predicted molar refractivity (Wildman–Crippen MR) is 68.9 cm³/mol. The van der Waals surface area contributed by atoms with Gasteiger partial charge in [-0.05, 0) is 46.1 Å². The van der Waals surface area contributed by atoms with Crippen LogP contribution in [0.3, 0.4) is 0 Å². The molecular formula is C13H27NO3. The lowest BCUT2D eigenvalue weighted by Gasteiger charge is -2.12. The summed E-state index contributed by atoms with van der Waals surface area (Å²) in [7, 11) is 0. The second kappa shape index (κ2) is 11.9. The Bertz CT molecular complexity index is 186. The van der Waals surface area contributed by atoms with Crippen LogP contribution in [-0.4, -0.2) is 36.9 Å². The first-order valence-corrected chi connectivity index (χ1v) is 6.70. The summed E-state index contributed by atoms with van der Waals surface area (Å²) in [5.74, 6) is -0.0863. The molecule has 0 aliphatic carbocycles. The third-order valence-corrected chi connectivity index (χ3v) is 2.65. The summed E-state index contributed by atoms with van der Waals surface area (Å²) in [6.07, 6.45) is 5.46. The fraction of sp³-hybridized carbons (Fsp3) is 0.923. The largest absolute Gasteiger partial charge is 0.466 e. The molecule has 0 spiro atoms. The van der Waals surface area contributed by atoms with Crippen LogP contribution < -0.4 is 5.32 Å². The third-order valence-electron chi connectivity index (χ3n) is 2.65. The minimum Gasteiger partial charge on any atom is -0.466 e. The number of rotatable bonds is 11. The van der Waals surface area contributed by atoms with Crippen molar-refractivity contribution in [3.8, 4) is 0 Å². The van der Waals surface area contributed by atoms with E-state index in [-0.39, 0.29) is 12.6 Å². The molecule has 0 saturated carbocycles. The number of ether oxygens (including phenoxy) is 1. The van der Waals surface area contributed by atoms with E-state index >= 15 is 0 Å². The van der Waals surface area contributed by atoms with Crippen molar-refractivity contribution in [2.75, 3.05) is 19.8 Å². The van der Waals surface area contributed by atoms with Gasteiger partial charge in [0, 0.05) is 19.1 Å². The molecule has 4 nitrogen and oxygen atoms in total. The highest BCUT2D eigenvalue weighted by Crippen LogP contribution is 2.02. The van der Waals surface area contributed by atoms with Crippen LogP contribution in [0.15, 0.2) is 0 Å². The van der Waals surface area contributed by atoms with E-state index in [1.54, 1.807) is 0 Å². The molecule has 2 N–H and O–H groups in total. The molecule has 0 radical (unpaired) electrons. The van der Waals surface area contributed by atoms with Gasteiger partial charge in [-0.2, -0.15) is 0 Å². The molecule has 102 valence electrons. The second-order valence-electron chi connectivity index (χ2n) is 4.34. The Labute approximate surface area is 105 Å². The number of nitrogens with one attached hydrogen (secondary N) is 1. The van der Waals surface area contributed by atoms with Gasteiger partial charge >= 0.3 is 5.97 Å². The maximum Gasteiger partial charge on any atom is 0.305 e. The molecular weight excluding hydrogens is 218 g/mol. The second-order valence-corrected chi connectivity index (χ2v) is 4.34. The maximum atomic E-state index is 11.0. The van der Waals surface area contributed by atoms with Crippen LogP contribution in [0.4, 0.5) is 0 Å². The Hall–Kier alpha value is -0.610. The Morgan fingerprint density at radius 2 is 2.06 bits per heavy atom. The standard InChI is InChI=1S/C13H27NO3/c1-3-17-13(16)9-5-4-6-10-14-12(2)8-7-11-15/h12,14-15H,3-11H2,1-2H3. The van der Waals surface area contributed by atoms with E-state index in [4.69, 9.17) is 9.84 Å². The lowest BCUT2D eigenvalue weighted by atomic mass is 10.1. The molecule has 0 aromatic rings. The highest BCUT2D eigenvalue weighted by atomic mass is 16.5. The summed E-state index contributed by atoms with van der Waals surface area (Å²) in [5, 5.41) is 12.1. The molecule has 0 aromatic carbocycles. The summed E-state index contributed by atoms with van der Waals surface area (Å²) in [6.45, 7) is 5.69. The van der Waals surface area contributed by atoms with Crippen LogP contribution in [-0.2, 0) is 9.53 Å². The monoisotopic (exact) mass is 245 g/mol. The van der Waals surface area contributed by atoms with E-state index < -0.39 is 0 Å². The lowest BCUT2D eigenvalue weighted by molar-refractivity contribution is -0.143. The van der Waals surface area contributed by atoms with Gasteiger partial charge in [0.15, 0.2) is 0 Å². The molecule has 0 bridgehead atoms. The summed E-state index contributed by atoms with van der Waals surface area (Å²) < 4.78 is 4.85. The quantitative estimate of drug-likeness (QED) is 0.431. The van der Waals surface area contributed by atoms with Gasteiger partial charge in [-0.15, -0.1) is 0 Å². The van der Waals surface area contributed by atoms with Crippen LogP contribution in [0.1, 0.15) is 52.4 Å². The first-order chi connectivity index (χ1) is 8.20. The van der Waals surface area contributed by atoms with Gasteiger partial charge in [-0.25, -0.2) is 0 Å². The molecule has 0 saturated heterocycles. The lowest BCUT2D eigenvalue weighted by Crippen LogP contribution is -2.27. The normalized spacial score (nSPS) is 12.4. The number of aliphatic hydroxyl groups excluding tert-OH is 1. The Balaban J connectivity index is 3.20. The van der Waals surface area contributed by atoms with Gasteiger partial charge in [-0.3, -0.25) is 4.79 Å². The van der Waals surface area contributed by atoms with Crippen LogP contribution in [0.2, 0.25) is 0 Å². The number of hydrogen-bond donors (Lipinski definition) is 2. The van der Waals surface area contributed by atoms with E-state index in [1.807, 2.05) is 6.92 Å². The molecule has 1 unspecified atom stereocenters. The minimum absolute atomic E-state index is 0.0863. The number of unbranched alkanes of at least 4 members (excludes halogenated alkanes) is 2. The van der Waals surface area contributed by atoms with Gasteiger partial charge in [0.1, 0.15) is 0 Å². The van der Waals surface area contributed by atoms with E-state index in [0.717, 1.165) is 38.6 Å². The maximum absolute atomic E-state index is 11.0. The van der Waals surface area contributed by atoms with Gasteiger partial charge in [0.2, 0.25) is 0 Å². The summed E-state index contributed by atoms with van der Waals surface area (Å²) in [4.78, 5) is 11.0. The Kier molecular flexibility index (Phi) is 11.4. The third kappa shape index (κ3) is 11.6. The van der Waals surface area contributed by atoms with Crippen molar-refractivity contribution >= 4 is 5.97 Å². The zero-order chi connectivity index (χ0) is 12.9. The van der Waals surface area contributed by atoms with Gasteiger partial charge in [-0.1, -0.05) is 6.42 Å². The van der Waals surface area contributed by atoms with E-state index in [9.17, 15) is 4.79 Å². The van der Waals surface area contributed by atoms with Crippen LogP contribution in [0, 0.1) is 0 Å². The van der Waals surface area contributed by atoms with Crippen molar-refractivity contribution in [3.05, 3.63) is 0 Å². The number of hydrogen-bond acceptors (Lipinski definition) is 4. The highest BCUT2D eigenvalue weighted by molar-refractivity contribution is 5.69. The molecule has 17 heavy (non-hydrogen) atoms. The van der Waals surface area contributed by atoms with Gasteiger partial charge < -0.3 is 15.2 Å². The number of esters is 1. The van der Waals surface area contributed by atoms with Crippen LogP contribution >= 0.6 is 0 Å². The molecule has 0 aromatic heterocycles. The smallest absolute Gasteiger partial charge is 0.305 e. The fourth-order valence-electron chi connectivity index (χ4n) is 1.65. The zero-order valence-corrected chi connectivity index (χ0v) is 11.2. The number of carbonyl (C=O) groups excluding carboxylic acids is 1. The number of carbonyl (C=O) groups is 1. The first-order valence-electron chi connectivity index (χ1n) is 6.70. The highest BCUT2D eigenvalue weighted by Gasteiger charge is 2.02. The number of aliphatic hydroxyl groups is 1. The molecule has 0 rings (SSSR count). The molecule has 0 amide bonds. The van der Waals surface area contributed by atoms with Crippen molar-refractivity contribution in [3.63, 3.8) is 0 Å². The fourth-order valence-corrected chi connectivity index (χ4v) is 1.65. The van der Waals surface area contributed by atoms with Crippen molar-refractivity contribution in [2.45, 2.75) is 58.4 Å². The average Bonchev–Trinajstić information content (AvgIpc) is 2.31. The van der Waals surface area contributed by atoms with Gasteiger partial charge in [0.25, 0.3) is 0 Å². The molecule has 0 aliphatic heterocycles. The molecule has 0 heterocycles. The molecule has 0 fully saturated rings. The van der Waals surface area contributed by atoms with E-state index in [2.05, 4.69) is 12.2 Å². The van der Waals surface area contributed by atoms with Crippen LogP contribution in [0.25, 0.3) is 0 Å². The SMILES string of the molecule is CCOC(=O)CCCCCNC(C)CCCO.